The van der Waals surface area contributed by atoms with Crippen LogP contribution in [0.5, 0.6) is 0 Å². The number of hydrogen-bond acceptors (Lipinski definition) is 3. The number of carbonyl (C=O) groups is 1. The van der Waals surface area contributed by atoms with Gasteiger partial charge in [0, 0.05) is 12.2 Å². The van der Waals surface area contributed by atoms with Crippen molar-refractivity contribution in [1.29, 1.82) is 0 Å². The zero-order chi connectivity index (χ0) is 16.3. The molecule has 2 nitrogen and oxygen atoms in total. The first-order valence-corrected chi connectivity index (χ1v) is 9.69. The molecule has 22 heavy (non-hydrogen) atoms. The van der Waals surface area contributed by atoms with Gasteiger partial charge in [-0.1, -0.05) is 31.4 Å². The van der Waals surface area contributed by atoms with Gasteiger partial charge in [-0.15, -0.1) is 12.3 Å². The molecule has 0 aromatic heterocycles. The van der Waals surface area contributed by atoms with Crippen LogP contribution in [0, 0.1) is 12.3 Å². The van der Waals surface area contributed by atoms with Crippen LogP contribution in [0.15, 0.2) is 12.2 Å². The summed E-state index contributed by atoms with van der Waals surface area (Å²) in [7, 11) is 1.44. The molecule has 0 N–H and O–H groups in total. The molecule has 0 aliphatic heterocycles. The number of thioether (sulfide) groups is 1. The Hall–Kier alpha value is -0.880. The maximum Gasteiger partial charge on any atom is 0.306 e. The molecule has 126 valence electrons. The molecule has 0 saturated carbocycles. The molecular formula is C19H32O2S. The second-order valence-corrected chi connectivity index (χ2v) is 6.64. The van der Waals surface area contributed by atoms with Crippen molar-refractivity contribution in [1.82, 2.24) is 0 Å². The molecule has 0 aromatic rings. The van der Waals surface area contributed by atoms with Crippen LogP contribution in [-0.4, -0.2) is 24.6 Å². The molecule has 0 aliphatic carbocycles. The molecule has 0 aromatic carbocycles. The molecule has 0 bridgehead atoms. The van der Waals surface area contributed by atoms with Crippen LogP contribution in [0.4, 0.5) is 0 Å². The van der Waals surface area contributed by atoms with Crippen LogP contribution in [0.2, 0.25) is 0 Å². The lowest BCUT2D eigenvalue weighted by molar-refractivity contribution is -0.140. The maximum atomic E-state index is 10.9. The van der Waals surface area contributed by atoms with Crippen LogP contribution in [-0.2, 0) is 9.53 Å². The van der Waals surface area contributed by atoms with E-state index in [0.717, 1.165) is 17.9 Å². The number of methoxy groups -OCH3 is 1. The number of unbranched alkanes of at least 4 members (excludes halogenated alkanes) is 8. The molecule has 0 aliphatic rings. The van der Waals surface area contributed by atoms with Gasteiger partial charge in [0.25, 0.3) is 0 Å². The third-order valence-electron chi connectivity index (χ3n) is 3.45. The van der Waals surface area contributed by atoms with E-state index >= 15 is 0 Å². The maximum absolute atomic E-state index is 10.9. The van der Waals surface area contributed by atoms with E-state index in [2.05, 4.69) is 22.8 Å². The van der Waals surface area contributed by atoms with Crippen molar-refractivity contribution < 1.29 is 9.53 Å². The fourth-order valence-electron chi connectivity index (χ4n) is 2.08. The van der Waals surface area contributed by atoms with Crippen molar-refractivity contribution in [3.05, 3.63) is 12.2 Å². The van der Waals surface area contributed by atoms with Crippen LogP contribution in [0.3, 0.4) is 0 Å². The lowest BCUT2D eigenvalue weighted by atomic mass is 10.1. The summed E-state index contributed by atoms with van der Waals surface area (Å²) in [5.74, 6) is 4.60. The van der Waals surface area contributed by atoms with Gasteiger partial charge in [-0.2, -0.15) is 11.8 Å². The summed E-state index contributed by atoms with van der Waals surface area (Å²) in [6, 6.07) is 0. The van der Waals surface area contributed by atoms with Crippen LogP contribution in [0.25, 0.3) is 0 Å². The smallest absolute Gasteiger partial charge is 0.306 e. The second kappa shape index (κ2) is 18.2. The molecule has 0 spiro atoms. The standard InChI is InChI=1S/C19H32O2S/c1-3-4-5-6-7-8-9-10-11-12-13-14-15-17-22-18-16-19(20)21-2/h1,11-12H,4-10,13-18H2,2H3/b12-11+. The monoisotopic (exact) mass is 324 g/mol. The molecule has 3 heteroatoms. The van der Waals surface area contributed by atoms with Crippen LogP contribution < -0.4 is 0 Å². The van der Waals surface area contributed by atoms with E-state index in [0.29, 0.717) is 6.42 Å². The van der Waals surface area contributed by atoms with E-state index in [1.54, 1.807) is 0 Å². The van der Waals surface area contributed by atoms with Gasteiger partial charge in [0.05, 0.1) is 13.5 Å². The normalized spacial score (nSPS) is 10.7. The molecule has 0 saturated heterocycles. The highest BCUT2D eigenvalue weighted by Crippen LogP contribution is 2.10. The molecule has 0 fully saturated rings. The van der Waals surface area contributed by atoms with E-state index in [1.165, 1.54) is 64.9 Å². The second-order valence-electron chi connectivity index (χ2n) is 5.42. The summed E-state index contributed by atoms with van der Waals surface area (Å²) >= 11 is 1.84. The average Bonchev–Trinajstić information content (AvgIpc) is 2.54. The van der Waals surface area contributed by atoms with Crippen molar-refractivity contribution >= 4 is 17.7 Å². The van der Waals surface area contributed by atoms with Crippen molar-refractivity contribution in [2.75, 3.05) is 18.6 Å². The predicted molar refractivity (Wildman–Crippen MR) is 98.1 cm³/mol. The van der Waals surface area contributed by atoms with Gasteiger partial charge < -0.3 is 4.74 Å². The molecular weight excluding hydrogens is 292 g/mol. The van der Waals surface area contributed by atoms with E-state index < -0.39 is 0 Å². The Morgan fingerprint density at radius 2 is 1.64 bits per heavy atom. The first kappa shape index (κ1) is 21.1. The number of esters is 1. The quantitative estimate of drug-likeness (QED) is 0.175. The summed E-state index contributed by atoms with van der Waals surface area (Å²) in [5, 5.41) is 0. The van der Waals surface area contributed by atoms with E-state index in [-0.39, 0.29) is 5.97 Å². The van der Waals surface area contributed by atoms with Crippen molar-refractivity contribution in [3.63, 3.8) is 0 Å². The van der Waals surface area contributed by atoms with E-state index in [1.807, 2.05) is 11.8 Å². The highest BCUT2D eigenvalue weighted by molar-refractivity contribution is 7.99. The van der Waals surface area contributed by atoms with Gasteiger partial charge in [0.15, 0.2) is 0 Å². The third kappa shape index (κ3) is 17.2. The fraction of sp³-hybridized carbons (Fsp3) is 0.737. The molecule has 0 rings (SSSR count). The van der Waals surface area contributed by atoms with Crippen molar-refractivity contribution in [2.45, 2.75) is 70.6 Å². The Bertz CT molecular complexity index is 318. The van der Waals surface area contributed by atoms with Gasteiger partial charge in [-0.05, 0) is 44.3 Å². The van der Waals surface area contributed by atoms with Crippen molar-refractivity contribution in [3.8, 4) is 12.3 Å². The Morgan fingerprint density at radius 3 is 2.32 bits per heavy atom. The third-order valence-corrected chi connectivity index (χ3v) is 4.52. The number of hydrogen-bond donors (Lipinski definition) is 0. The number of ether oxygens (including phenoxy) is 1. The van der Waals surface area contributed by atoms with Gasteiger partial charge in [0.2, 0.25) is 0 Å². The molecule has 0 heterocycles. The number of rotatable bonds is 15. The Morgan fingerprint density at radius 1 is 1.00 bits per heavy atom. The highest BCUT2D eigenvalue weighted by atomic mass is 32.2. The molecule has 0 radical (unpaired) electrons. The van der Waals surface area contributed by atoms with E-state index in [4.69, 9.17) is 6.42 Å². The molecule has 0 atom stereocenters. The largest absolute Gasteiger partial charge is 0.469 e. The first-order chi connectivity index (χ1) is 10.8. The van der Waals surface area contributed by atoms with Crippen LogP contribution >= 0.6 is 11.8 Å². The zero-order valence-corrected chi connectivity index (χ0v) is 15.0. The Labute approximate surface area is 141 Å². The Balaban J connectivity index is 3.12. The Kier molecular flexibility index (Phi) is 17.4. The van der Waals surface area contributed by atoms with Crippen molar-refractivity contribution in [2.24, 2.45) is 0 Å². The minimum Gasteiger partial charge on any atom is -0.469 e. The lowest BCUT2D eigenvalue weighted by Gasteiger charge is -2.00. The summed E-state index contributed by atoms with van der Waals surface area (Å²) in [5.41, 5.74) is 0. The van der Waals surface area contributed by atoms with Crippen LogP contribution in [0.1, 0.15) is 70.6 Å². The fourth-order valence-corrected chi connectivity index (χ4v) is 3.00. The summed E-state index contributed by atoms with van der Waals surface area (Å²) < 4.78 is 4.61. The van der Waals surface area contributed by atoms with Gasteiger partial charge in [0.1, 0.15) is 0 Å². The average molecular weight is 325 g/mol. The molecule has 0 unspecified atom stereocenters. The minimum atomic E-state index is -0.105. The number of carbonyl (C=O) groups excluding carboxylic acids is 1. The van der Waals surface area contributed by atoms with Gasteiger partial charge >= 0.3 is 5.97 Å². The SMILES string of the molecule is C#CCCCCCCC/C=C/CCCCSCCC(=O)OC. The summed E-state index contributed by atoms with van der Waals surface area (Å²) in [6.07, 6.45) is 22.6. The van der Waals surface area contributed by atoms with Gasteiger partial charge in [-0.25, -0.2) is 0 Å². The molecule has 0 amide bonds. The number of terminal acetylenes is 1. The predicted octanol–water partition coefficient (Wildman–Crippen LogP) is 5.37. The minimum absolute atomic E-state index is 0.105. The van der Waals surface area contributed by atoms with Gasteiger partial charge in [-0.3, -0.25) is 4.79 Å². The number of allylic oxidation sites excluding steroid dienone is 2. The highest BCUT2D eigenvalue weighted by Gasteiger charge is 1.98. The zero-order valence-electron chi connectivity index (χ0n) is 14.1. The summed E-state index contributed by atoms with van der Waals surface area (Å²) in [6.45, 7) is 0. The first-order valence-electron chi connectivity index (χ1n) is 8.54. The topological polar surface area (TPSA) is 26.3 Å². The lowest BCUT2D eigenvalue weighted by Crippen LogP contribution is -2.01. The van der Waals surface area contributed by atoms with E-state index in [9.17, 15) is 4.79 Å². The summed E-state index contributed by atoms with van der Waals surface area (Å²) in [4.78, 5) is 10.9.